The van der Waals surface area contributed by atoms with Gasteiger partial charge in [-0.25, -0.2) is 8.42 Å². The molecule has 1 fully saturated rings. The van der Waals surface area contributed by atoms with Crippen LogP contribution < -0.4 is 15.4 Å². The molecule has 1 saturated heterocycles. The van der Waals surface area contributed by atoms with Gasteiger partial charge in [0.25, 0.3) is 5.91 Å². The van der Waals surface area contributed by atoms with Gasteiger partial charge in [-0.3, -0.25) is 9.59 Å². The maximum atomic E-state index is 13.0. The summed E-state index contributed by atoms with van der Waals surface area (Å²) in [5.74, 6) is -0.0255. The van der Waals surface area contributed by atoms with Crippen LogP contribution in [0, 0.1) is 0 Å². The van der Waals surface area contributed by atoms with E-state index in [1.54, 1.807) is 18.2 Å². The first-order chi connectivity index (χ1) is 15.4. The average Bonchev–Trinajstić information content (AvgIpc) is 3.33. The van der Waals surface area contributed by atoms with Gasteiger partial charge in [0.1, 0.15) is 5.75 Å². The Hall–Kier alpha value is -2.85. The van der Waals surface area contributed by atoms with E-state index in [1.165, 1.54) is 22.7 Å². The summed E-state index contributed by atoms with van der Waals surface area (Å²) in [6, 6.07) is 7.71. The molecule has 2 amide bonds. The molecule has 0 aliphatic carbocycles. The van der Waals surface area contributed by atoms with Crippen molar-refractivity contribution in [2.75, 3.05) is 31.6 Å². The molecule has 0 saturated carbocycles. The van der Waals surface area contributed by atoms with Crippen LogP contribution in [0.1, 0.15) is 49.6 Å². The molecule has 9 nitrogen and oxygen atoms in total. The van der Waals surface area contributed by atoms with Gasteiger partial charge in [-0.2, -0.15) is 4.31 Å². The van der Waals surface area contributed by atoms with Crippen molar-refractivity contribution in [1.82, 2.24) is 9.62 Å². The maximum Gasteiger partial charge on any atom is 0.286 e. The summed E-state index contributed by atoms with van der Waals surface area (Å²) in [5, 5.41) is 5.43. The molecule has 1 aromatic carbocycles. The van der Waals surface area contributed by atoms with E-state index < -0.39 is 10.0 Å². The van der Waals surface area contributed by atoms with E-state index in [0.717, 1.165) is 19.3 Å². The third kappa shape index (κ3) is 6.10. The van der Waals surface area contributed by atoms with Crippen molar-refractivity contribution in [3.63, 3.8) is 0 Å². The van der Waals surface area contributed by atoms with E-state index in [1.807, 2.05) is 6.92 Å². The number of hydrogen-bond acceptors (Lipinski definition) is 6. The Labute approximate surface area is 188 Å². The minimum absolute atomic E-state index is 0.129. The molecule has 1 aliphatic heterocycles. The van der Waals surface area contributed by atoms with E-state index in [0.29, 0.717) is 44.1 Å². The van der Waals surface area contributed by atoms with Crippen LogP contribution in [0.2, 0.25) is 0 Å². The fourth-order valence-electron chi connectivity index (χ4n) is 3.46. The van der Waals surface area contributed by atoms with Crippen LogP contribution in [0.15, 0.2) is 45.9 Å². The number of ether oxygens (including phenoxy) is 1. The molecular weight excluding hydrogens is 434 g/mol. The number of carbonyl (C=O) groups excluding carboxylic acids is 2. The SMILES string of the molecule is CCOc1ccc(S(=O)(=O)N2CCCCC2)cc1NC(=O)CCCNC(=O)c1ccco1. The van der Waals surface area contributed by atoms with E-state index in [9.17, 15) is 18.0 Å². The van der Waals surface area contributed by atoms with Crippen molar-refractivity contribution in [3.05, 3.63) is 42.4 Å². The Kier molecular flexibility index (Phi) is 8.29. The fraction of sp³-hybridized carbons (Fsp3) is 0.455. The van der Waals surface area contributed by atoms with E-state index in [-0.39, 0.29) is 28.9 Å². The molecule has 2 heterocycles. The summed E-state index contributed by atoms with van der Waals surface area (Å²) < 4.78 is 38.0. The van der Waals surface area contributed by atoms with Crippen LogP contribution in [-0.4, -0.2) is 50.8 Å². The highest BCUT2D eigenvalue weighted by Gasteiger charge is 2.27. The van der Waals surface area contributed by atoms with Gasteiger partial charge in [0.15, 0.2) is 5.76 Å². The zero-order chi connectivity index (χ0) is 23.0. The normalized spacial score (nSPS) is 14.7. The van der Waals surface area contributed by atoms with Gasteiger partial charge in [-0.1, -0.05) is 6.42 Å². The summed E-state index contributed by atoms with van der Waals surface area (Å²) in [6.07, 6.45) is 4.68. The maximum absolute atomic E-state index is 13.0. The molecule has 0 bridgehead atoms. The Balaban J connectivity index is 1.61. The third-order valence-electron chi connectivity index (χ3n) is 5.09. The lowest BCUT2D eigenvalue weighted by molar-refractivity contribution is -0.116. The van der Waals surface area contributed by atoms with Crippen molar-refractivity contribution in [1.29, 1.82) is 0 Å². The number of nitrogens with zero attached hydrogens (tertiary/aromatic N) is 1. The molecule has 10 heteroatoms. The molecule has 174 valence electrons. The van der Waals surface area contributed by atoms with Crippen LogP contribution in [-0.2, 0) is 14.8 Å². The van der Waals surface area contributed by atoms with Crippen molar-refractivity contribution in [2.45, 2.75) is 43.9 Å². The van der Waals surface area contributed by atoms with Crippen LogP contribution in [0.4, 0.5) is 5.69 Å². The molecular formula is C22H29N3O6S. The van der Waals surface area contributed by atoms with E-state index in [4.69, 9.17) is 9.15 Å². The predicted molar refractivity (Wildman–Crippen MR) is 119 cm³/mol. The van der Waals surface area contributed by atoms with Crippen molar-refractivity contribution in [3.8, 4) is 5.75 Å². The molecule has 0 spiro atoms. The second-order valence-electron chi connectivity index (χ2n) is 7.44. The molecule has 0 atom stereocenters. The number of furan rings is 1. The third-order valence-corrected chi connectivity index (χ3v) is 6.98. The van der Waals surface area contributed by atoms with Gasteiger partial charge in [0, 0.05) is 26.1 Å². The minimum Gasteiger partial charge on any atom is -0.492 e. The zero-order valence-corrected chi connectivity index (χ0v) is 18.9. The van der Waals surface area contributed by atoms with Gasteiger partial charge >= 0.3 is 0 Å². The van der Waals surface area contributed by atoms with Crippen LogP contribution in [0.5, 0.6) is 5.75 Å². The number of amides is 2. The lowest BCUT2D eigenvalue weighted by Gasteiger charge is -2.26. The number of anilines is 1. The molecule has 0 radical (unpaired) electrons. The van der Waals surface area contributed by atoms with Crippen LogP contribution in [0.25, 0.3) is 0 Å². The number of rotatable bonds is 10. The predicted octanol–water partition coefficient (Wildman–Crippen LogP) is 3.00. The highest BCUT2D eigenvalue weighted by Crippen LogP contribution is 2.30. The molecule has 2 N–H and O–H groups in total. The lowest BCUT2D eigenvalue weighted by Crippen LogP contribution is -2.35. The number of hydrogen-bond donors (Lipinski definition) is 2. The number of carbonyl (C=O) groups is 2. The Bertz CT molecular complexity index is 1010. The molecule has 0 unspecified atom stereocenters. The van der Waals surface area contributed by atoms with Crippen molar-refractivity contribution in [2.24, 2.45) is 0 Å². The first kappa shape index (κ1) is 23.8. The number of sulfonamides is 1. The fourth-order valence-corrected chi connectivity index (χ4v) is 5.01. The van der Waals surface area contributed by atoms with E-state index in [2.05, 4.69) is 10.6 Å². The summed E-state index contributed by atoms with van der Waals surface area (Å²) in [5.41, 5.74) is 0.314. The van der Waals surface area contributed by atoms with Crippen molar-refractivity contribution < 1.29 is 27.2 Å². The molecule has 1 aromatic heterocycles. The lowest BCUT2D eigenvalue weighted by atomic mass is 10.2. The first-order valence-electron chi connectivity index (χ1n) is 10.8. The standard InChI is InChI=1S/C22H29N3O6S/c1-2-30-19-11-10-17(32(28,29)25-13-4-3-5-14-25)16-18(19)24-21(26)9-6-12-23-22(27)20-8-7-15-31-20/h7-8,10-11,15-16H,2-6,9,12-14H2,1H3,(H,23,27)(H,24,26). The highest BCUT2D eigenvalue weighted by molar-refractivity contribution is 7.89. The molecule has 32 heavy (non-hydrogen) atoms. The summed E-state index contributed by atoms with van der Waals surface area (Å²) in [6.45, 7) is 3.49. The summed E-state index contributed by atoms with van der Waals surface area (Å²) >= 11 is 0. The smallest absolute Gasteiger partial charge is 0.286 e. The molecule has 2 aromatic rings. The van der Waals surface area contributed by atoms with Gasteiger partial charge < -0.3 is 19.8 Å². The zero-order valence-electron chi connectivity index (χ0n) is 18.1. The quantitative estimate of drug-likeness (QED) is 0.523. The van der Waals surface area contributed by atoms with Gasteiger partial charge in [0.2, 0.25) is 15.9 Å². The topological polar surface area (TPSA) is 118 Å². The van der Waals surface area contributed by atoms with Gasteiger partial charge in [-0.15, -0.1) is 0 Å². The Morgan fingerprint density at radius 2 is 1.94 bits per heavy atom. The summed E-state index contributed by atoms with van der Waals surface area (Å²) in [4.78, 5) is 24.4. The van der Waals surface area contributed by atoms with Crippen LogP contribution >= 0.6 is 0 Å². The largest absolute Gasteiger partial charge is 0.492 e. The Morgan fingerprint density at radius 3 is 2.62 bits per heavy atom. The van der Waals surface area contributed by atoms with Gasteiger partial charge in [0.05, 0.1) is 23.5 Å². The summed E-state index contributed by atoms with van der Waals surface area (Å²) in [7, 11) is -3.63. The average molecular weight is 464 g/mol. The first-order valence-corrected chi connectivity index (χ1v) is 12.2. The van der Waals surface area contributed by atoms with Gasteiger partial charge in [-0.05, 0) is 56.5 Å². The monoisotopic (exact) mass is 463 g/mol. The second-order valence-corrected chi connectivity index (χ2v) is 9.38. The number of nitrogens with one attached hydrogen (secondary N) is 2. The molecule has 3 rings (SSSR count). The second kappa shape index (κ2) is 11.1. The number of piperidine rings is 1. The van der Waals surface area contributed by atoms with E-state index >= 15 is 0 Å². The highest BCUT2D eigenvalue weighted by atomic mass is 32.2. The molecule has 1 aliphatic rings. The Morgan fingerprint density at radius 1 is 1.16 bits per heavy atom. The number of benzene rings is 1. The minimum atomic E-state index is -3.63. The van der Waals surface area contributed by atoms with Crippen LogP contribution in [0.3, 0.4) is 0 Å². The van der Waals surface area contributed by atoms with Crippen molar-refractivity contribution >= 4 is 27.5 Å².